The lowest BCUT2D eigenvalue weighted by Crippen LogP contribution is -2.28. The Kier molecular flexibility index (Phi) is 3.35. The molecule has 0 saturated heterocycles. The highest BCUT2D eigenvalue weighted by Gasteiger charge is 2.08. The maximum absolute atomic E-state index is 12.6. The van der Waals surface area contributed by atoms with Crippen LogP contribution in [0, 0.1) is 0 Å². The van der Waals surface area contributed by atoms with E-state index in [1.165, 1.54) is 4.68 Å². The maximum Gasteiger partial charge on any atom is 0.277 e. The van der Waals surface area contributed by atoms with Crippen molar-refractivity contribution in [2.75, 3.05) is 0 Å². The molecule has 0 aliphatic carbocycles. The Hall–Kier alpha value is -3.40. The van der Waals surface area contributed by atoms with Crippen molar-refractivity contribution in [1.29, 1.82) is 0 Å². The van der Waals surface area contributed by atoms with Gasteiger partial charge < -0.3 is 0 Å². The molecule has 4 nitrogen and oxygen atoms in total. The van der Waals surface area contributed by atoms with Gasteiger partial charge in [-0.2, -0.15) is 0 Å². The van der Waals surface area contributed by atoms with Gasteiger partial charge in [-0.25, -0.2) is 4.68 Å². The molecule has 0 saturated carbocycles. The highest BCUT2D eigenvalue weighted by Crippen LogP contribution is 2.20. The molecule has 0 aliphatic rings. The minimum atomic E-state index is -0.280. The van der Waals surface area contributed by atoms with E-state index in [2.05, 4.69) is 5.10 Å². The zero-order chi connectivity index (χ0) is 16.5. The Bertz CT molecular complexity index is 1120. The highest BCUT2D eigenvalue weighted by molar-refractivity contribution is 5.80. The summed E-state index contributed by atoms with van der Waals surface area (Å²) in [6.07, 6.45) is 0. The second-order valence-corrected chi connectivity index (χ2v) is 5.54. The number of aromatic amines is 1. The van der Waals surface area contributed by atoms with Crippen LogP contribution in [-0.4, -0.2) is 9.78 Å². The van der Waals surface area contributed by atoms with Gasteiger partial charge in [-0.3, -0.25) is 14.7 Å². The second-order valence-electron chi connectivity index (χ2n) is 5.54. The molecule has 0 atom stereocenters. The SMILES string of the molecule is O=c1[nH]n(-c2ccc(-c3ccccc3)cc2)c(=O)c2ccccc12. The largest absolute Gasteiger partial charge is 0.277 e. The number of nitrogens with zero attached hydrogens (tertiary/aromatic N) is 1. The number of benzene rings is 3. The number of hydrogen-bond donors (Lipinski definition) is 1. The topological polar surface area (TPSA) is 54.9 Å². The summed E-state index contributed by atoms with van der Waals surface area (Å²) in [4.78, 5) is 24.8. The third kappa shape index (κ3) is 2.34. The first kappa shape index (κ1) is 14.2. The van der Waals surface area contributed by atoms with Crippen molar-refractivity contribution in [2.24, 2.45) is 0 Å². The lowest BCUT2D eigenvalue weighted by atomic mass is 10.1. The number of fused-ring (bicyclic) bond motifs is 1. The molecule has 0 fully saturated rings. The molecule has 116 valence electrons. The van der Waals surface area contributed by atoms with Crippen LogP contribution < -0.4 is 11.1 Å². The van der Waals surface area contributed by atoms with E-state index < -0.39 is 0 Å². The summed E-state index contributed by atoms with van der Waals surface area (Å²) in [5, 5.41) is 3.46. The summed E-state index contributed by atoms with van der Waals surface area (Å²) in [7, 11) is 0. The van der Waals surface area contributed by atoms with Crippen LogP contribution in [0.4, 0.5) is 0 Å². The average molecular weight is 314 g/mol. The highest BCUT2D eigenvalue weighted by atomic mass is 16.2. The van der Waals surface area contributed by atoms with E-state index in [-0.39, 0.29) is 11.1 Å². The van der Waals surface area contributed by atoms with Crippen LogP contribution in [0.1, 0.15) is 0 Å². The zero-order valence-electron chi connectivity index (χ0n) is 12.8. The molecule has 4 aromatic rings. The Morgan fingerprint density at radius 1 is 0.625 bits per heavy atom. The number of aromatic nitrogens is 2. The summed E-state index contributed by atoms with van der Waals surface area (Å²) in [5.74, 6) is 0. The van der Waals surface area contributed by atoms with Crippen LogP contribution in [0.3, 0.4) is 0 Å². The molecule has 24 heavy (non-hydrogen) atoms. The molecule has 0 radical (unpaired) electrons. The molecular weight excluding hydrogens is 300 g/mol. The molecular formula is C20H14N2O2. The smallest absolute Gasteiger partial charge is 0.267 e. The van der Waals surface area contributed by atoms with E-state index >= 15 is 0 Å². The molecule has 1 N–H and O–H groups in total. The molecule has 0 amide bonds. The van der Waals surface area contributed by atoms with Gasteiger partial charge in [0.25, 0.3) is 11.1 Å². The summed E-state index contributed by atoms with van der Waals surface area (Å²) in [5.41, 5.74) is 2.26. The summed E-state index contributed by atoms with van der Waals surface area (Å²) in [6.45, 7) is 0. The predicted molar refractivity (Wildman–Crippen MR) is 95.6 cm³/mol. The quantitative estimate of drug-likeness (QED) is 0.617. The molecule has 0 aliphatic heterocycles. The molecule has 0 bridgehead atoms. The van der Waals surface area contributed by atoms with Crippen LogP contribution >= 0.6 is 0 Å². The second kappa shape index (κ2) is 5.66. The van der Waals surface area contributed by atoms with Crippen molar-refractivity contribution in [3.8, 4) is 16.8 Å². The monoisotopic (exact) mass is 314 g/mol. The minimum absolute atomic E-state index is 0.238. The van der Waals surface area contributed by atoms with Crippen LogP contribution in [0.15, 0.2) is 88.5 Å². The van der Waals surface area contributed by atoms with Crippen molar-refractivity contribution in [3.63, 3.8) is 0 Å². The standard InChI is InChI=1S/C20H14N2O2/c23-19-17-8-4-5-9-18(17)20(24)22(21-19)16-12-10-15(11-13-16)14-6-2-1-3-7-14/h1-13H,(H,21,23). The van der Waals surface area contributed by atoms with Gasteiger partial charge in [0.05, 0.1) is 16.5 Å². The lowest BCUT2D eigenvalue weighted by molar-refractivity contribution is 0.802. The summed E-state index contributed by atoms with van der Waals surface area (Å²) < 4.78 is 1.29. The van der Waals surface area contributed by atoms with Gasteiger partial charge in [-0.15, -0.1) is 0 Å². The minimum Gasteiger partial charge on any atom is -0.267 e. The number of rotatable bonds is 2. The van der Waals surface area contributed by atoms with Gasteiger partial charge in [-0.05, 0) is 35.4 Å². The van der Waals surface area contributed by atoms with Crippen molar-refractivity contribution in [2.45, 2.75) is 0 Å². The van der Waals surface area contributed by atoms with Gasteiger partial charge in [0.1, 0.15) is 0 Å². The van der Waals surface area contributed by atoms with E-state index in [1.807, 2.05) is 54.6 Å². The lowest BCUT2D eigenvalue weighted by Gasteiger charge is -2.08. The molecule has 3 aromatic carbocycles. The van der Waals surface area contributed by atoms with Crippen molar-refractivity contribution in [1.82, 2.24) is 9.78 Å². The third-order valence-corrected chi connectivity index (χ3v) is 4.05. The van der Waals surface area contributed by atoms with E-state index in [4.69, 9.17) is 0 Å². The molecule has 4 heteroatoms. The number of hydrogen-bond acceptors (Lipinski definition) is 2. The Morgan fingerprint density at radius 2 is 1.21 bits per heavy atom. The van der Waals surface area contributed by atoms with Crippen LogP contribution in [0.25, 0.3) is 27.6 Å². The van der Waals surface area contributed by atoms with E-state index in [0.29, 0.717) is 16.5 Å². The normalized spacial score (nSPS) is 10.8. The van der Waals surface area contributed by atoms with Gasteiger partial charge >= 0.3 is 0 Å². The van der Waals surface area contributed by atoms with E-state index in [0.717, 1.165) is 11.1 Å². The molecule has 1 heterocycles. The van der Waals surface area contributed by atoms with Gasteiger partial charge in [0, 0.05) is 0 Å². The fourth-order valence-corrected chi connectivity index (χ4v) is 2.82. The number of H-pyrrole nitrogens is 1. The maximum atomic E-state index is 12.6. The average Bonchev–Trinajstić information content (AvgIpc) is 2.66. The Morgan fingerprint density at radius 3 is 1.92 bits per heavy atom. The van der Waals surface area contributed by atoms with Gasteiger partial charge in [0.15, 0.2) is 0 Å². The first-order chi connectivity index (χ1) is 11.7. The van der Waals surface area contributed by atoms with Gasteiger partial charge in [0.2, 0.25) is 0 Å². The van der Waals surface area contributed by atoms with Crippen LogP contribution in [-0.2, 0) is 0 Å². The van der Waals surface area contributed by atoms with E-state index in [1.54, 1.807) is 24.3 Å². The van der Waals surface area contributed by atoms with Gasteiger partial charge in [-0.1, -0.05) is 54.6 Å². The first-order valence-corrected chi connectivity index (χ1v) is 7.64. The fourth-order valence-electron chi connectivity index (χ4n) is 2.82. The summed E-state index contributed by atoms with van der Waals surface area (Å²) in [6, 6.07) is 24.3. The molecule has 0 spiro atoms. The van der Waals surface area contributed by atoms with Crippen LogP contribution in [0.5, 0.6) is 0 Å². The molecule has 1 aromatic heterocycles. The van der Waals surface area contributed by atoms with Crippen molar-refractivity contribution < 1.29 is 0 Å². The Labute approximate surface area is 137 Å². The van der Waals surface area contributed by atoms with Crippen molar-refractivity contribution in [3.05, 3.63) is 99.6 Å². The molecule has 4 rings (SSSR count). The fraction of sp³-hybridized carbons (Fsp3) is 0. The Balaban J connectivity index is 1.85. The zero-order valence-corrected chi connectivity index (χ0v) is 12.8. The third-order valence-electron chi connectivity index (χ3n) is 4.05. The predicted octanol–water partition coefficient (Wildman–Crippen LogP) is 3.35. The first-order valence-electron chi connectivity index (χ1n) is 7.64. The van der Waals surface area contributed by atoms with Crippen LogP contribution in [0.2, 0.25) is 0 Å². The van der Waals surface area contributed by atoms with Crippen molar-refractivity contribution >= 4 is 10.8 Å². The molecule has 0 unspecified atom stereocenters. The number of nitrogens with one attached hydrogen (secondary N) is 1. The summed E-state index contributed by atoms with van der Waals surface area (Å²) >= 11 is 0. The van der Waals surface area contributed by atoms with E-state index in [9.17, 15) is 9.59 Å².